The van der Waals surface area contributed by atoms with Crippen LogP contribution in [0.2, 0.25) is 0 Å². The summed E-state index contributed by atoms with van der Waals surface area (Å²) in [7, 11) is 0. The van der Waals surface area contributed by atoms with Crippen LogP contribution < -0.4 is 0 Å². The van der Waals surface area contributed by atoms with Crippen LogP contribution in [0.4, 0.5) is 0 Å². The Morgan fingerprint density at radius 2 is 0.683 bits per heavy atom. The summed E-state index contributed by atoms with van der Waals surface area (Å²) in [5.74, 6) is -0.629. The van der Waals surface area contributed by atoms with Crippen molar-refractivity contribution in [3.8, 4) is 0 Å². The van der Waals surface area contributed by atoms with Crippen molar-refractivity contribution >= 4 is 11.9 Å². The van der Waals surface area contributed by atoms with Crippen molar-refractivity contribution < 1.29 is 24.2 Å². The van der Waals surface area contributed by atoms with E-state index in [-0.39, 0.29) is 25.2 Å². The lowest BCUT2D eigenvalue weighted by atomic mass is 10.1. The topological polar surface area (TPSA) is 72.8 Å². The van der Waals surface area contributed by atoms with Crippen LogP contribution in [0.25, 0.3) is 0 Å². The van der Waals surface area contributed by atoms with Crippen LogP contribution in [0.3, 0.4) is 0 Å². The van der Waals surface area contributed by atoms with E-state index in [4.69, 9.17) is 9.47 Å². The number of ether oxygens (including phenoxy) is 2. The second kappa shape index (κ2) is 52.4. The van der Waals surface area contributed by atoms with Crippen molar-refractivity contribution in [2.24, 2.45) is 0 Å². The highest BCUT2D eigenvalue weighted by Crippen LogP contribution is 2.12. The summed E-state index contributed by atoms with van der Waals surface area (Å²) in [4.78, 5) is 24.3. The van der Waals surface area contributed by atoms with Gasteiger partial charge in [0.25, 0.3) is 0 Å². The average molecular weight is 869 g/mol. The fourth-order valence-electron chi connectivity index (χ4n) is 6.40. The highest BCUT2D eigenvalue weighted by Gasteiger charge is 2.16. The van der Waals surface area contributed by atoms with E-state index in [1.54, 1.807) is 0 Å². The maximum Gasteiger partial charge on any atom is 0.306 e. The molecule has 0 radical (unpaired) electrons. The molecule has 0 saturated carbocycles. The summed E-state index contributed by atoms with van der Waals surface area (Å²) in [5, 5.41) is 9.59. The molecule has 0 fully saturated rings. The van der Waals surface area contributed by atoms with E-state index in [0.29, 0.717) is 12.8 Å². The minimum atomic E-state index is -0.791. The van der Waals surface area contributed by atoms with Gasteiger partial charge < -0.3 is 14.6 Å². The molecule has 0 aromatic carbocycles. The molecule has 0 aromatic heterocycles. The molecule has 0 amide bonds. The normalized spacial score (nSPS) is 13.4. The van der Waals surface area contributed by atoms with Crippen molar-refractivity contribution in [3.05, 3.63) is 134 Å². The second-order valence-corrected chi connectivity index (χ2v) is 16.2. The Labute approximate surface area is 387 Å². The molecule has 0 rings (SSSR count). The van der Waals surface area contributed by atoms with Gasteiger partial charge in [-0.3, -0.25) is 9.59 Å². The number of unbranched alkanes of at least 4 members (excludes halogenated alkanes) is 14. The zero-order chi connectivity index (χ0) is 45.6. The van der Waals surface area contributed by atoms with Crippen molar-refractivity contribution in [2.75, 3.05) is 13.2 Å². The molecule has 0 aliphatic heterocycles. The molecule has 0 spiro atoms. The van der Waals surface area contributed by atoms with E-state index in [0.717, 1.165) is 116 Å². The van der Waals surface area contributed by atoms with Crippen LogP contribution in [0, 0.1) is 0 Å². The molecule has 354 valence electrons. The van der Waals surface area contributed by atoms with E-state index in [2.05, 4.69) is 148 Å². The fraction of sp³-hybridized carbons (Fsp3) is 0.586. The number of carbonyl (C=O) groups excluding carboxylic acids is 2. The van der Waals surface area contributed by atoms with Crippen LogP contribution in [0.1, 0.15) is 200 Å². The number of carbonyl (C=O) groups is 2. The molecule has 0 aliphatic rings. The van der Waals surface area contributed by atoms with Crippen molar-refractivity contribution in [1.29, 1.82) is 0 Å². The third-order valence-electron chi connectivity index (χ3n) is 10.2. The van der Waals surface area contributed by atoms with Gasteiger partial charge in [0.15, 0.2) is 6.10 Å². The number of rotatable bonds is 44. The van der Waals surface area contributed by atoms with E-state index < -0.39 is 6.10 Å². The predicted molar refractivity (Wildman–Crippen MR) is 274 cm³/mol. The molecule has 5 heteroatoms. The zero-order valence-corrected chi connectivity index (χ0v) is 40.3. The average Bonchev–Trinajstić information content (AvgIpc) is 3.29. The van der Waals surface area contributed by atoms with Gasteiger partial charge in [-0.2, -0.15) is 0 Å². The summed E-state index contributed by atoms with van der Waals surface area (Å²) in [6.07, 6.45) is 78.3. The van der Waals surface area contributed by atoms with Crippen LogP contribution in [0.5, 0.6) is 0 Å². The molecule has 0 saturated heterocycles. The Morgan fingerprint density at radius 1 is 0.381 bits per heavy atom. The van der Waals surface area contributed by atoms with Crippen molar-refractivity contribution in [2.45, 2.75) is 206 Å². The Balaban J connectivity index is 3.65. The number of hydrogen-bond acceptors (Lipinski definition) is 5. The first-order valence-corrected chi connectivity index (χ1v) is 25.2. The maximum absolute atomic E-state index is 12.2. The van der Waals surface area contributed by atoms with Crippen LogP contribution in [-0.4, -0.2) is 36.4 Å². The monoisotopic (exact) mass is 869 g/mol. The number of allylic oxidation sites excluding steroid dienone is 22. The Hall–Kier alpha value is -3.96. The van der Waals surface area contributed by atoms with Gasteiger partial charge in [-0.05, 0) is 116 Å². The van der Waals surface area contributed by atoms with Gasteiger partial charge in [-0.15, -0.1) is 0 Å². The minimum absolute atomic E-state index is 0.0838. The van der Waals surface area contributed by atoms with Crippen LogP contribution in [0.15, 0.2) is 134 Å². The first-order valence-electron chi connectivity index (χ1n) is 25.2. The molecule has 63 heavy (non-hydrogen) atoms. The lowest BCUT2D eigenvalue weighted by Crippen LogP contribution is -2.28. The molecule has 0 aromatic rings. The molecule has 0 aliphatic carbocycles. The van der Waals surface area contributed by atoms with Gasteiger partial charge >= 0.3 is 11.9 Å². The van der Waals surface area contributed by atoms with Gasteiger partial charge in [0.05, 0.1) is 6.61 Å². The quantitative estimate of drug-likeness (QED) is 0.0375. The molecular formula is C58H92O5. The molecule has 0 bridgehead atoms. The Bertz CT molecular complexity index is 1350. The molecule has 1 N–H and O–H groups in total. The Kier molecular flexibility index (Phi) is 49.1. The highest BCUT2D eigenvalue weighted by atomic mass is 16.6. The van der Waals surface area contributed by atoms with E-state index >= 15 is 0 Å². The van der Waals surface area contributed by atoms with Gasteiger partial charge in [-0.1, -0.05) is 205 Å². The summed E-state index contributed by atoms with van der Waals surface area (Å²) >= 11 is 0. The SMILES string of the molecule is CC/C=C\C/C=C\C/C=C\C/C=C\C/C=C\C/C=C\C/C=C\C/C=C\C/C=C\C/C=C\CCCCCCCCC(=O)OC(CO)COC(=O)CCCCCCC/C=C\CCCCC. The number of aliphatic hydroxyl groups is 1. The highest BCUT2D eigenvalue weighted by molar-refractivity contribution is 5.70. The molecule has 0 heterocycles. The molecular weight excluding hydrogens is 777 g/mol. The first-order chi connectivity index (χ1) is 31.1. The third kappa shape index (κ3) is 50.6. The summed E-state index contributed by atoms with van der Waals surface area (Å²) in [6.45, 7) is 3.96. The standard InChI is InChI=1S/C58H92O5/c1-3-5-7-9-11-13-15-17-18-19-20-21-22-23-24-25-26-27-28-29-30-31-32-33-34-35-36-37-38-39-40-41-43-45-47-49-51-53-58(61)63-56(54-59)55-62-57(60)52-50-48-46-44-42-16-14-12-10-8-6-4-2/h5,7,11-14,17-18,20-21,23-24,26-27,29-30,32-33,35-36,38-39,56,59H,3-4,6,8-10,15-16,19,22,25,28,31,34,37,40-55H2,1-2H3/b7-5-,13-11-,14-12-,18-17-,21-20-,24-23-,27-26-,30-29-,33-32-,36-35-,39-38-. The predicted octanol–water partition coefficient (Wildman–Crippen LogP) is 16.9. The number of esters is 2. The minimum Gasteiger partial charge on any atom is -0.462 e. The largest absolute Gasteiger partial charge is 0.462 e. The lowest BCUT2D eigenvalue weighted by Gasteiger charge is -2.15. The number of hydrogen-bond donors (Lipinski definition) is 1. The van der Waals surface area contributed by atoms with E-state index in [1.807, 2.05) is 0 Å². The third-order valence-corrected chi connectivity index (χ3v) is 10.2. The zero-order valence-electron chi connectivity index (χ0n) is 40.3. The summed E-state index contributed by atoms with van der Waals surface area (Å²) in [5.41, 5.74) is 0. The fourth-order valence-corrected chi connectivity index (χ4v) is 6.40. The molecule has 1 unspecified atom stereocenters. The van der Waals surface area contributed by atoms with E-state index in [1.165, 1.54) is 57.8 Å². The Morgan fingerprint density at radius 3 is 1.05 bits per heavy atom. The van der Waals surface area contributed by atoms with Crippen molar-refractivity contribution in [3.63, 3.8) is 0 Å². The van der Waals surface area contributed by atoms with Crippen LogP contribution in [-0.2, 0) is 19.1 Å². The molecule has 5 nitrogen and oxygen atoms in total. The molecule has 1 atom stereocenters. The van der Waals surface area contributed by atoms with Gasteiger partial charge in [0.2, 0.25) is 0 Å². The van der Waals surface area contributed by atoms with Crippen molar-refractivity contribution in [1.82, 2.24) is 0 Å². The van der Waals surface area contributed by atoms with Gasteiger partial charge in [-0.25, -0.2) is 0 Å². The van der Waals surface area contributed by atoms with Gasteiger partial charge in [0, 0.05) is 12.8 Å². The summed E-state index contributed by atoms with van der Waals surface area (Å²) < 4.78 is 10.6. The summed E-state index contributed by atoms with van der Waals surface area (Å²) in [6, 6.07) is 0. The smallest absolute Gasteiger partial charge is 0.306 e. The van der Waals surface area contributed by atoms with Gasteiger partial charge in [0.1, 0.15) is 6.61 Å². The number of aliphatic hydroxyl groups excluding tert-OH is 1. The second-order valence-electron chi connectivity index (χ2n) is 16.2. The van der Waals surface area contributed by atoms with Crippen LogP contribution >= 0.6 is 0 Å². The maximum atomic E-state index is 12.2. The lowest BCUT2D eigenvalue weighted by molar-refractivity contribution is -0.161. The first kappa shape index (κ1) is 59.0. The van der Waals surface area contributed by atoms with E-state index in [9.17, 15) is 14.7 Å².